The minimum atomic E-state index is 0.00186. The van der Waals surface area contributed by atoms with Crippen molar-refractivity contribution in [1.82, 2.24) is 0 Å². The lowest BCUT2D eigenvalue weighted by Crippen LogP contribution is -1.86. The number of benzene rings is 1. The van der Waals surface area contributed by atoms with E-state index in [1.165, 1.54) is 6.08 Å². The molecule has 0 aliphatic heterocycles. The molecule has 0 bridgehead atoms. The molecule has 0 saturated heterocycles. The van der Waals surface area contributed by atoms with Crippen LogP contribution in [0.3, 0.4) is 0 Å². The van der Waals surface area contributed by atoms with Crippen molar-refractivity contribution >= 4 is 11.9 Å². The number of aromatic hydroxyl groups is 1. The highest BCUT2D eigenvalue weighted by Crippen LogP contribution is 2.11. The van der Waals surface area contributed by atoms with E-state index < -0.39 is 0 Å². The molecular formula is C14H14O2. The molecule has 1 rings (SSSR count). The van der Waals surface area contributed by atoms with Gasteiger partial charge in [0, 0.05) is 6.42 Å². The van der Waals surface area contributed by atoms with Gasteiger partial charge in [-0.3, -0.25) is 4.79 Å². The van der Waals surface area contributed by atoms with E-state index in [-0.39, 0.29) is 11.5 Å². The van der Waals surface area contributed by atoms with Crippen LogP contribution in [-0.4, -0.2) is 10.9 Å². The van der Waals surface area contributed by atoms with Gasteiger partial charge in [-0.25, -0.2) is 0 Å². The summed E-state index contributed by atoms with van der Waals surface area (Å²) in [6.07, 6.45) is 8.92. The van der Waals surface area contributed by atoms with Crippen molar-refractivity contribution < 1.29 is 9.90 Å². The number of carbonyl (C=O) groups excluding carboxylic acids is 1. The van der Waals surface area contributed by atoms with Gasteiger partial charge in [0.2, 0.25) is 0 Å². The number of hydrogen-bond acceptors (Lipinski definition) is 2. The molecule has 0 aromatic heterocycles. The average Bonchev–Trinajstić information content (AvgIpc) is 2.28. The van der Waals surface area contributed by atoms with E-state index in [2.05, 4.69) is 6.58 Å². The van der Waals surface area contributed by atoms with Crippen molar-refractivity contribution in [1.29, 1.82) is 0 Å². The Morgan fingerprint density at radius 2 is 2.19 bits per heavy atom. The molecule has 1 aromatic carbocycles. The van der Waals surface area contributed by atoms with Gasteiger partial charge >= 0.3 is 0 Å². The van der Waals surface area contributed by atoms with Crippen molar-refractivity contribution in [2.24, 2.45) is 0 Å². The smallest absolute Gasteiger partial charge is 0.158 e. The summed E-state index contributed by atoms with van der Waals surface area (Å²) in [6.45, 7) is 3.39. The lowest BCUT2D eigenvalue weighted by Gasteiger charge is -1.93. The second-order valence-corrected chi connectivity index (χ2v) is 3.26. The zero-order chi connectivity index (χ0) is 11.8. The predicted octanol–water partition coefficient (Wildman–Crippen LogP) is 3.11. The fourth-order valence-electron chi connectivity index (χ4n) is 1.14. The summed E-state index contributed by atoms with van der Waals surface area (Å²) in [4.78, 5) is 10.9. The Labute approximate surface area is 95.2 Å². The third-order valence-electron chi connectivity index (χ3n) is 1.95. The highest BCUT2D eigenvalue weighted by Gasteiger charge is 1.88. The second kappa shape index (κ2) is 6.40. The molecule has 2 heteroatoms. The van der Waals surface area contributed by atoms with Crippen LogP contribution in [0.5, 0.6) is 5.75 Å². The predicted molar refractivity (Wildman–Crippen MR) is 66.1 cm³/mol. The van der Waals surface area contributed by atoms with E-state index in [1.54, 1.807) is 30.4 Å². The molecule has 0 saturated carbocycles. The third kappa shape index (κ3) is 4.42. The fraction of sp³-hybridized carbons (Fsp3) is 0.0714. The van der Waals surface area contributed by atoms with E-state index in [4.69, 9.17) is 0 Å². The Morgan fingerprint density at radius 3 is 2.88 bits per heavy atom. The van der Waals surface area contributed by atoms with Gasteiger partial charge in [-0.05, 0) is 23.8 Å². The van der Waals surface area contributed by atoms with Crippen molar-refractivity contribution in [2.75, 3.05) is 0 Å². The molecule has 0 aliphatic rings. The van der Waals surface area contributed by atoms with Gasteiger partial charge < -0.3 is 5.11 Å². The molecule has 16 heavy (non-hydrogen) atoms. The molecule has 0 unspecified atom stereocenters. The van der Waals surface area contributed by atoms with E-state index in [1.807, 2.05) is 18.2 Å². The maximum absolute atomic E-state index is 10.9. The Bertz CT molecular complexity index is 428. The molecule has 0 atom stereocenters. The van der Waals surface area contributed by atoms with Gasteiger partial charge in [0.25, 0.3) is 0 Å². The first-order valence-electron chi connectivity index (χ1n) is 5.00. The van der Waals surface area contributed by atoms with Gasteiger partial charge in [-0.1, -0.05) is 43.0 Å². The summed E-state index contributed by atoms with van der Waals surface area (Å²) in [7, 11) is 0. The zero-order valence-electron chi connectivity index (χ0n) is 8.97. The van der Waals surface area contributed by atoms with Crippen LogP contribution in [0.4, 0.5) is 0 Å². The number of hydrogen-bond donors (Lipinski definition) is 1. The first kappa shape index (κ1) is 12.0. The molecule has 0 aliphatic carbocycles. The quantitative estimate of drug-likeness (QED) is 0.604. The van der Waals surface area contributed by atoms with Gasteiger partial charge in [0.05, 0.1) is 0 Å². The molecular weight excluding hydrogens is 200 g/mol. The lowest BCUT2D eigenvalue weighted by molar-refractivity contribution is -0.113. The van der Waals surface area contributed by atoms with Crippen molar-refractivity contribution in [2.45, 2.75) is 6.42 Å². The van der Waals surface area contributed by atoms with Crippen LogP contribution < -0.4 is 0 Å². The fourth-order valence-corrected chi connectivity index (χ4v) is 1.14. The monoisotopic (exact) mass is 214 g/mol. The normalized spacial score (nSPS) is 11.0. The molecule has 1 aromatic rings. The second-order valence-electron chi connectivity index (χ2n) is 3.26. The topological polar surface area (TPSA) is 37.3 Å². The zero-order valence-corrected chi connectivity index (χ0v) is 8.97. The number of rotatable bonds is 5. The van der Waals surface area contributed by atoms with Crippen LogP contribution in [0.2, 0.25) is 0 Å². The number of phenolic OH excluding ortho intramolecular Hbond substituents is 1. The number of carbonyl (C=O) groups is 1. The van der Waals surface area contributed by atoms with Crippen LogP contribution >= 0.6 is 0 Å². The van der Waals surface area contributed by atoms with Gasteiger partial charge in [0.15, 0.2) is 5.78 Å². The minimum Gasteiger partial charge on any atom is -0.508 e. The Kier molecular flexibility index (Phi) is 4.80. The third-order valence-corrected chi connectivity index (χ3v) is 1.95. The van der Waals surface area contributed by atoms with Crippen LogP contribution in [0.1, 0.15) is 12.0 Å². The number of phenols is 1. The van der Waals surface area contributed by atoms with Crippen LogP contribution in [-0.2, 0) is 4.79 Å². The minimum absolute atomic E-state index is 0.00186. The first-order chi connectivity index (χ1) is 7.72. The Hall–Kier alpha value is -2.09. The standard InChI is InChI=1S/C14H14O2/c1-2-13(15)9-5-3-4-7-12-8-6-10-14(16)11-12/h2-8,10-11,16H,1,9H2/b5-3+,7-4+. The molecule has 0 heterocycles. The van der Waals surface area contributed by atoms with Crippen LogP contribution in [0.15, 0.2) is 55.1 Å². The largest absolute Gasteiger partial charge is 0.508 e. The SMILES string of the molecule is C=CC(=O)C/C=C/C=C/c1cccc(O)c1. The van der Waals surface area contributed by atoms with Gasteiger partial charge in [-0.2, -0.15) is 0 Å². The maximum atomic E-state index is 10.9. The maximum Gasteiger partial charge on any atom is 0.158 e. The lowest BCUT2D eigenvalue weighted by atomic mass is 10.2. The summed E-state index contributed by atoms with van der Waals surface area (Å²) in [5.41, 5.74) is 0.916. The molecule has 1 N–H and O–H groups in total. The molecule has 0 amide bonds. The van der Waals surface area contributed by atoms with Crippen molar-refractivity contribution in [3.8, 4) is 5.75 Å². The highest BCUT2D eigenvalue weighted by molar-refractivity contribution is 5.90. The van der Waals surface area contributed by atoms with Crippen LogP contribution in [0, 0.1) is 0 Å². The van der Waals surface area contributed by atoms with Crippen LogP contribution in [0.25, 0.3) is 6.08 Å². The molecule has 82 valence electrons. The molecule has 0 radical (unpaired) electrons. The molecule has 2 nitrogen and oxygen atoms in total. The Balaban J connectivity index is 2.48. The summed E-state index contributed by atoms with van der Waals surface area (Å²) < 4.78 is 0. The molecule has 0 fully saturated rings. The summed E-state index contributed by atoms with van der Waals surface area (Å²) in [6, 6.07) is 6.95. The first-order valence-corrected chi connectivity index (χ1v) is 5.00. The summed E-state index contributed by atoms with van der Waals surface area (Å²) in [5, 5.41) is 9.21. The number of allylic oxidation sites excluding steroid dienone is 4. The van der Waals surface area contributed by atoms with E-state index in [0.29, 0.717) is 6.42 Å². The van der Waals surface area contributed by atoms with Gasteiger partial charge in [0.1, 0.15) is 5.75 Å². The van der Waals surface area contributed by atoms with E-state index in [9.17, 15) is 9.90 Å². The van der Waals surface area contributed by atoms with Gasteiger partial charge in [-0.15, -0.1) is 0 Å². The average molecular weight is 214 g/mol. The van der Waals surface area contributed by atoms with Crippen molar-refractivity contribution in [3.63, 3.8) is 0 Å². The van der Waals surface area contributed by atoms with Crippen molar-refractivity contribution in [3.05, 3.63) is 60.7 Å². The highest BCUT2D eigenvalue weighted by atomic mass is 16.3. The summed E-state index contributed by atoms with van der Waals surface area (Å²) in [5.74, 6) is 0.245. The van der Waals surface area contributed by atoms with E-state index >= 15 is 0 Å². The molecule has 0 spiro atoms. The Morgan fingerprint density at radius 1 is 1.38 bits per heavy atom. The number of ketones is 1. The summed E-state index contributed by atoms with van der Waals surface area (Å²) >= 11 is 0. The van der Waals surface area contributed by atoms with E-state index in [0.717, 1.165) is 5.56 Å².